The van der Waals surface area contributed by atoms with E-state index in [1.54, 1.807) is 6.07 Å². The van der Waals surface area contributed by atoms with Crippen LogP contribution in [0.15, 0.2) is 18.2 Å². The summed E-state index contributed by atoms with van der Waals surface area (Å²) in [5.74, 6) is -0.779. The van der Waals surface area contributed by atoms with E-state index in [2.05, 4.69) is 0 Å². The highest BCUT2D eigenvalue weighted by molar-refractivity contribution is 6.31. The van der Waals surface area contributed by atoms with E-state index in [0.717, 1.165) is 0 Å². The maximum Gasteiger partial charge on any atom is 0.307 e. The Morgan fingerprint density at radius 3 is 2.56 bits per heavy atom. The third-order valence-electron chi connectivity index (χ3n) is 2.52. The average Bonchev–Trinajstić information content (AvgIpc) is 2.31. The third-order valence-corrected chi connectivity index (χ3v) is 3.11. The second-order valence-corrected chi connectivity index (χ2v) is 4.70. The van der Waals surface area contributed by atoms with Crippen LogP contribution >= 0.6 is 23.2 Å². The first-order chi connectivity index (χ1) is 8.45. The Hall–Kier alpha value is -0.810. The molecule has 18 heavy (non-hydrogen) atoms. The van der Waals surface area contributed by atoms with E-state index < -0.39 is 18.2 Å². The Morgan fingerprint density at radius 1 is 1.33 bits per heavy atom. The highest BCUT2D eigenvalue weighted by Crippen LogP contribution is 2.25. The minimum atomic E-state index is -1.10. The topological polar surface area (TPSA) is 77.8 Å². The molecule has 3 N–H and O–H groups in total. The first-order valence-corrected chi connectivity index (χ1v) is 6.29. The van der Waals surface area contributed by atoms with E-state index in [4.69, 9.17) is 28.3 Å². The van der Waals surface area contributed by atoms with Crippen molar-refractivity contribution in [2.24, 2.45) is 0 Å². The molecule has 0 aliphatic rings. The van der Waals surface area contributed by atoms with Crippen LogP contribution in [0.4, 0.5) is 0 Å². The Labute approximate surface area is 115 Å². The number of carboxylic acid groups (broad SMARTS) is 1. The summed E-state index contributed by atoms with van der Waals surface area (Å²) in [6, 6.07) is 4.54. The van der Waals surface area contributed by atoms with Crippen molar-refractivity contribution in [2.75, 3.05) is 5.88 Å². The summed E-state index contributed by atoms with van der Waals surface area (Å²) in [5, 5.41) is 28.5. The summed E-state index contributed by atoms with van der Waals surface area (Å²) in [6.45, 7) is 0. The largest absolute Gasteiger partial charge is 0.481 e. The van der Waals surface area contributed by atoms with Gasteiger partial charge in [0, 0.05) is 10.9 Å². The molecule has 6 heteroatoms. The zero-order valence-electron chi connectivity index (χ0n) is 9.51. The molecule has 0 aromatic heterocycles. The molecule has 2 unspecified atom stereocenters. The van der Waals surface area contributed by atoms with E-state index in [1.165, 1.54) is 12.1 Å². The van der Waals surface area contributed by atoms with Crippen molar-refractivity contribution in [3.63, 3.8) is 0 Å². The van der Waals surface area contributed by atoms with E-state index in [1.807, 2.05) is 0 Å². The highest BCUT2D eigenvalue weighted by Gasteiger charge is 2.19. The molecule has 0 aliphatic carbocycles. The number of aliphatic hydroxyl groups is 2. The Kier molecular flexibility index (Phi) is 5.88. The van der Waals surface area contributed by atoms with Crippen LogP contribution in [0.1, 0.15) is 23.7 Å². The number of halogens is 2. The standard InChI is InChI=1S/C12H14Cl2O4/c13-4-3-10(15)12(18)7-1-2-9(14)8(5-7)6-11(16)17/h1-2,5,10,12,15,18H,3-4,6H2,(H,16,17). The van der Waals surface area contributed by atoms with E-state index in [-0.39, 0.29) is 18.7 Å². The Morgan fingerprint density at radius 2 is 2.00 bits per heavy atom. The number of rotatable bonds is 6. The van der Waals surface area contributed by atoms with Gasteiger partial charge in [-0.05, 0) is 23.6 Å². The van der Waals surface area contributed by atoms with Crippen molar-refractivity contribution in [1.82, 2.24) is 0 Å². The van der Waals surface area contributed by atoms with Gasteiger partial charge in [0.05, 0.1) is 12.5 Å². The van der Waals surface area contributed by atoms with Crippen LogP contribution < -0.4 is 0 Å². The van der Waals surface area contributed by atoms with E-state index in [9.17, 15) is 15.0 Å². The molecule has 0 bridgehead atoms. The number of aliphatic hydroxyl groups excluding tert-OH is 2. The van der Waals surface area contributed by atoms with Crippen LogP contribution in [0.2, 0.25) is 5.02 Å². The van der Waals surface area contributed by atoms with Gasteiger partial charge in [-0.15, -0.1) is 11.6 Å². The molecule has 0 spiro atoms. The minimum Gasteiger partial charge on any atom is -0.481 e. The van der Waals surface area contributed by atoms with Gasteiger partial charge < -0.3 is 15.3 Å². The highest BCUT2D eigenvalue weighted by atomic mass is 35.5. The molecule has 1 rings (SSSR count). The van der Waals surface area contributed by atoms with Gasteiger partial charge in [-0.1, -0.05) is 23.7 Å². The lowest BCUT2D eigenvalue weighted by Crippen LogP contribution is -2.19. The molecule has 0 saturated carbocycles. The average molecular weight is 293 g/mol. The molecule has 0 amide bonds. The van der Waals surface area contributed by atoms with Gasteiger partial charge in [-0.25, -0.2) is 0 Å². The molecular formula is C12H14Cl2O4. The first-order valence-electron chi connectivity index (χ1n) is 5.38. The fourth-order valence-electron chi connectivity index (χ4n) is 1.57. The Balaban J connectivity index is 2.93. The summed E-state index contributed by atoms with van der Waals surface area (Å²) in [4.78, 5) is 10.7. The lowest BCUT2D eigenvalue weighted by atomic mass is 9.99. The fraction of sp³-hybridized carbons (Fsp3) is 0.417. The molecular weight excluding hydrogens is 279 g/mol. The molecule has 0 radical (unpaired) electrons. The molecule has 0 aliphatic heterocycles. The minimum absolute atomic E-state index is 0.230. The zero-order valence-corrected chi connectivity index (χ0v) is 11.0. The SMILES string of the molecule is O=C(O)Cc1cc(C(O)C(O)CCCl)ccc1Cl. The molecule has 0 heterocycles. The number of alkyl halides is 1. The van der Waals surface area contributed by atoms with Crippen molar-refractivity contribution in [3.8, 4) is 0 Å². The number of benzene rings is 1. The predicted molar refractivity (Wildman–Crippen MR) is 69.1 cm³/mol. The maximum atomic E-state index is 10.7. The number of hydrogen-bond acceptors (Lipinski definition) is 3. The van der Waals surface area contributed by atoms with Crippen LogP contribution in [-0.2, 0) is 11.2 Å². The molecule has 1 aromatic carbocycles. The van der Waals surface area contributed by atoms with Crippen molar-refractivity contribution in [1.29, 1.82) is 0 Å². The van der Waals surface area contributed by atoms with Crippen LogP contribution in [-0.4, -0.2) is 33.3 Å². The number of carboxylic acids is 1. The lowest BCUT2D eigenvalue weighted by molar-refractivity contribution is -0.136. The Bertz CT molecular complexity index is 423. The third kappa shape index (κ3) is 4.14. The monoisotopic (exact) mass is 292 g/mol. The molecule has 1 aromatic rings. The van der Waals surface area contributed by atoms with Crippen molar-refractivity contribution >= 4 is 29.2 Å². The van der Waals surface area contributed by atoms with Crippen molar-refractivity contribution < 1.29 is 20.1 Å². The van der Waals surface area contributed by atoms with Crippen molar-refractivity contribution in [2.45, 2.75) is 25.0 Å². The smallest absolute Gasteiger partial charge is 0.307 e. The van der Waals surface area contributed by atoms with Gasteiger partial charge in [-0.2, -0.15) is 0 Å². The molecule has 0 saturated heterocycles. The first kappa shape index (κ1) is 15.2. The number of carbonyl (C=O) groups is 1. The lowest BCUT2D eigenvalue weighted by Gasteiger charge is -2.18. The summed E-state index contributed by atoms with van der Waals surface area (Å²) in [5.41, 5.74) is 0.826. The van der Waals surface area contributed by atoms with Gasteiger partial charge in [0.1, 0.15) is 6.10 Å². The van der Waals surface area contributed by atoms with Gasteiger partial charge in [0.25, 0.3) is 0 Å². The molecule has 2 atom stereocenters. The van der Waals surface area contributed by atoms with Gasteiger partial charge in [-0.3, -0.25) is 4.79 Å². The van der Waals surface area contributed by atoms with E-state index >= 15 is 0 Å². The maximum absolute atomic E-state index is 10.7. The van der Waals surface area contributed by atoms with Crippen LogP contribution in [0.25, 0.3) is 0 Å². The van der Waals surface area contributed by atoms with Gasteiger partial charge >= 0.3 is 5.97 Å². The quantitative estimate of drug-likeness (QED) is 0.701. The summed E-state index contributed by atoms with van der Waals surface area (Å²) < 4.78 is 0. The molecule has 4 nitrogen and oxygen atoms in total. The predicted octanol–water partition coefficient (Wildman–Crippen LogP) is 1.99. The normalized spacial score (nSPS) is 14.2. The van der Waals surface area contributed by atoms with Crippen LogP contribution in [0, 0.1) is 0 Å². The number of aliphatic carboxylic acids is 1. The zero-order chi connectivity index (χ0) is 13.7. The fourth-order valence-corrected chi connectivity index (χ4v) is 1.98. The summed E-state index contributed by atoms with van der Waals surface area (Å²) in [6.07, 6.45) is -2.07. The second kappa shape index (κ2) is 6.95. The van der Waals surface area contributed by atoms with Crippen molar-refractivity contribution in [3.05, 3.63) is 34.3 Å². The summed E-state index contributed by atoms with van der Waals surface area (Å²) in [7, 11) is 0. The summed E-state index contributed by atoms with van der Waals surface area (Å²) >= 11 is 11.3. The van der Waals surface area contributed by atoms with Crippen LogP contribution in [0.5, 0.6) is 0 Å². The number of hydrogen-bond donors (Lipinski definition) is 3. The van der Waals surface area contributed by atoms with E-state index in [0.29, 0.717) is 16.1 Å². The van der Waals surface area contributed by atoms with Gasteiger partial charge in [0.15, 0.2) is 0 Å². The molecule has 0 fully saturated rings. The van der Waals surface area contributed by atoms with Gasteiger partial charge in [0.2, 0.25) is 0 Å². The second-order valence-electron chi connectivity index (χ2n) is 3.91. The van der Waals surface area contributed by atoms with Crippen LogP contribution in [0.3, 0.4) is 0 Å². The molecule has 100 valence electrons.